The maximum atomic E-state index is 12.2. The van der Waals surface area contributed by atoms with Gasteiger partial charge in [0.2, 0.25) is 6.23 Å². The number of carboxylic acids is 1. The fraction of sp³-hybridized carbons (Fsp3) is 0.333. The van der Waals surface area contributed by atoms with Gasteiger partial charge in [0.05, 0.1) is 24.1 Å². The minimum absolute atomic E-state index is 0. The van der Waals surface area contributed by atoms with Crippen LogP contribution in [0.1, 0.15) is 26.3 Å². The first kappa shape index (κ1) is 16.9. The molecule has 0 aliphatic carbocycles. The molecule has 1 aromatic heterocycles. The summed E-state index contributed by atoms with van der Waals surface area (Å²) in [6.07, 6.45) is 3.92. The summed E-state index contributed by atoms with van der Waals surface area (Å²) in [5, 5.41) is 11.3. The van der Waals surface area contributed by atoms with Gasteiger partial charge in [0.25, 0.3) is 5.91 Å². The van der Waals surface area contributed by atoms with Gasteiger partial charge in [0.1, 0.15) is 11.5 Å². The molecule has 3 heterocycles. The first-order valence-electron chi connectivity index (χ1n) is 6.51. The maximum Gasteiger partial charge on any atom is 1.00 e. The van der Waals surface area contributed by atoms with Crippen LogP contribution in [0.4, 0.5) is 0 Å². The van der Waals surface area contributed by atoms with E-state index in [1.54, 1.807) is 12.1 Å². The predicted molar refractivity (Wildman–Crippen MR) is 69.9 cm³/mol. The van der Waals surface area contributed by atoms with E-state index < -0.39 is 17.6 Å². The first-order chi connectivity index (χ1) is 9.80. The molecule has 0 radical (unpaired) electrons. The topological polar surface area (TPSA) is 82.8 Å². The molecule has 1 amide bonds. The number of ether oxygens (including phenoxy) is 1. The van der Waals surface area contributed by atoms with E-state index in [0.717, 1.165) is 10.5 Å². The Balaban J connectivity index is 0.00000176. The summed E-state index contributed by atoms with van der Waals surface area (Å²) in [7, 11) is 0. The molecule has 3 rings (SSSR count). The molecule has 1 aromatic rings. The number of β-lactam (4-membered cyclic amide) rings is 1. The van der Waals surface area contributed by atoms with Crippen LogP contribution in [-0.4, -0.2) is 23.0 Å². The number of carbonyl (C=O) groups is 2. The summed E-state index contributed by atoms with van der Waals surface area (Å²) in [6, 6.07) is 1.70. The summed E-state index contributed by atoms with van der Waals surface area (Å²) in [4.78, 5) is 24.6. The predicted octanol–water partition coefficient (Wildman–Crippen LogP) is -2.13. The van der Waals surface area contributed by atoms with Gasteiger partial charge in [-0.05, 0) is 12.1 Å². The van der Waals surface area contributed by atoms with Crippen LogP contribution in [0, 0.1) is 5.41 Å². The molecular formula is C15H14NNaO5. The third kappa shape index (κ3) is 2.51. The molecule has 1 atom stereocenters. The fourth-order valence-electron chi connectivity index (χ4n) is 2.43. The van der Waals surface area contributed by atoms with Crippen molar-refractivity contribution in [3.8, 4) is 0 Å². The van der Waals surface area contributed by atoms with E-state index in [1.165, 1.54) is 12.5 Å². The van der Waals surface area contributed by atoms with Crippen molar-refractivity contribution in [2.75, 3.05) is 0 Å². The molecule has 0 saturated carbocycles. The second-order valence-electron chi connectivity index (χ2n) is 6.02. The van der Waals surface area contributed by atoms with Crippen LogP contribution >= 0.6 is 0 Å². The number of amides is 1. The summed E-state index contributed by atoms with van der Waals surface area (Å²) in [5.41, 5.74) is 0.408. The van der Waals surface area contributed by atoms with E-state index in [2.05, 4.69) is 0 Å². The Morgan fingerprint density at radius 2 is 2.09 bits per heavy atom. The molecule has 1 unspecified atom stereocenters. The zero-order chi connectivity index (χ0) is 15.4. The van der Waals surface area contributed by atoms with Gasteiger partial charge in [0, 0.05) is 11.0 Å². The van der Waals surface area contributed by atoms with E-state index in [4.69, 9.17) is 9.15 Å². The SMILES string of the molecule is CC(C)(C)C1=C(C(=O)[O-])N2C(=O)/C(=C\c3ccoc3)C2O1.[Na+]. The minimum Gasteiger partial charge on any atom is -0.543 e. The third-order valence-electron chi connectivity index (χ3n) is 3.39. The molecule has 110 valence electrons. The molecule has 0 aromatic carbocycles. The molecule has 0 spiro atoms. The second kappa shape index (κ2) is 5.61. The number of hydrogen-bond donors (Lipinski definition) is 0. The van der Waals surface area contributed by atoms with Crippen molar-refractivity contribution in [3.05, 3.63) is 41.2 Å². The Morgan fingerprint density at radius 3 is 2.59 bits per heavy atom. The first-order valence-corrected chi connectivity index (χ1v) is 6.51. The van der Waals surface area contributed by atoms with Crippen LogP contribution in [0.2, 0.25) is 0 Å². The molecule has 22 heavy (non-hydrogen) atoms. The number of nitrogens with zero attached hydrogens (tertiary/aromatic N) is 1. The minimum atomic E-state index is -1.40. The number of furan rings is 1. The second-order valence-corrected chi connectivity index (χ2v) is 6.02. The van der Waals surface area contributed by atoms with Crippen LogP contribution < -0.4 is 34.7 Å². The zero-order valence-corrected chi connectivity index (χ0v) is 14.9. The number of hydrogen-bond acceptors (Lipinski definition) is 5. The molecule has 7 heteroatoms. The summed E-state index contributed by atoms with van der Waals surface area (Å²) in [5.74, 6) is -1.53. The molecule has 0 N–H and O–H groups in total. The number of aliphatic carboxylic acids is 1. The van der Waals surface area contributed by atoms with Gasteiger partial charge >= 0.3 is 29.6 Å². The summed E-state index contributed by atoms with van der Waals surface area (Å²) < 4.78 is 10.6. The number of rotatable bonds is 2. The van der Waals surface area contributed by atoms with E-state index in [-0.39, 0.29) is 46.9 Å². The van der Waals surface area contributed by atoms with Crippen LogP contribution in [-0.2, 0) is 14.3 Å². The quantitative estimate of drug-likeness (QED) is 0.354. The van der Waals surface area contributed by atoms with Crippen LogP contribution in [0.5, 0.6) is 0 Å². The summed E-state index contributed by atoms with van der Waals surface area (Å²) in [6.45, 7) is 5.46. The normalized spacial score (nSPS) is 22.1. The van der Waals surface area contributed by atoms with E-state index >= 15 is 0 Å². The number of allylic oxidation sites excluding steroid dienone is 1. The van der Waals surface area contributed by atoms with Gasteiger partial charge in [-0.25, -0.2) is 0 Å². The maximum absolute atomic E-state index is 12.2. The fourth-order valence-corrected chi connectivity index (χ4v) is 2.43. The van der Waals surface area contributed by atoms with Crippen LogP contribution in [0.25, 0.3) is 6.08 Å². The molecule has 2 aliphatic heterocycles. The smallest absolute Gasteiger partial charge is 0.543 e. The number of carbonyl (C=O) groups excluding carboxylic acids is 2. The largest absolute Gasteiger partial charge is 1.00 e. The van der Waals surface area contributed by atoms with Crippen LogP contribution in [0.15, 0.2) is 40.0 Å². The Morgan fingerprint density at radius 1 is 1.41 bits per heavy atom. The van der Waals surface area contributed by atoms with Crippen molar-refractivity contribution in [3.63, 3.8) is 0 Å². The van der Waals surface area contributed by atoms with Crippen molar-refractivity contribution in [2.45, 2.75) is 27.0 Å². The van der Waals surface area contributed by atoms with Crippen LogP contribution in [0.3, 0.4) is 0 Å². The molecular weight excluding hydrogens is 297 g/mol. The van der Waals surface area contributed by atoms with E-state index in [9.17, 15) is 14.7 Å². The molecule has 1 fully saturated rings. The van der Waals surface area contributed by atoms with Gasteiger partial charge in [-0.3, -0.25) is 9.69 Å². The van der Waals surface area contributed by atoms with Crippen molar-refractivity contribution in [1.29, 1.82) is 0 Å². The number of carboxylic acid groups (broad SMARTS) is 1. The third-order valence-corrected chi connectivity index (χ3v) is 3.39. The molecule has 0 bridgehead atoms. The Labute approximate surface area is 149 Å². The van der Waals surface area contributed by atoms with Crippen molar-refractivity contribution in [1.82, 2.24) is 4.90 Å². The van der Waals surface area contributed by atoms with Gasteiger partial charge < -0.3 is 19.1 Å². The molecule has 2 aliphatic rings. The molecule has 6 nitrogen and oxygen atoms in total. The van der Waals surface area contributed by atoms with Gasteiger partial charge in [-0.2, -0.15) is 0 Å². The average Bonchev–Trinajstić information content (AvgIpc) is 3.00. The zero-order valence-electron chi connectivity index (χ0n) is 12.9. The van der Waals surface area contributed by atoms with Gasteiger partial charge in [0.15, 0.2) is 0 Å². The monoisotopic (exact) mass is 311 g/mol. The Kier molecular flexibility index (Phi) is 4.30. The Bertz CT molecular complexity index is 681. The van der Waals surface area contributed by atoms with E-state index in [1.807, 2.05) is 20.8 Å². The summed E-state index contributed by atoms with van der Waals surface area (Å²) >= 11 is 0. The van der Waals surface area contributed by atoms with Crippen molar-refractivity contribution in [2.24, 2.45) is 5.41 Å². The average molecular weight is 311 g/mol. The van der Waals surface area contributed by atoms with Crippen molar-refractivity contribution >= 4 is 18.0 Å². The van der Waals surface area contributed by atoms with E-state index in [0.29, 0.717) is 5.57 Å². The van der Waals surface area contributed by atoms with Crippen molar-refractivity contribution < 1.29 is 53.4 Å². The van der Waals surface area contributed by atoms with Gasteiger partial charge in [-0.1, -0.05) is 20.8 Å². The molecule has 1 saturated heterocycles. The standard InChI is InChI=1S/C15H15NO5.Na/c1-15(2,3)11-10(14(18)19)16-12(17)9(13(16)21-11)6-8-4-5-20-7-8;/h4-7,13H,1-3H3,(H,18,19);/q;+1/p-1/b9-6+;. The van der Waals surface area contributed by atoms with Gasteiger partial charge in [-0.15, -0.1) is 0 Å². The number of fused-ring (bicyclic) bond motifs is 1. The Hall–Kier alpha value is -1.50.